The highest BCUT2D eigenvalue weighted by Crippen LogP contribution is 2.61. The molecule has 0 atom stereocenters. The average molecular weight is 455 g/mol. The van der Waals surface area contributed by atoms with E-state index in [4.69, 9.17) is 5.73 Å². The highest BCUT2D eigenvalue weighted by molar-refractivity contribution is 7.17. The minimum absolute atomic E-state index is 0.448. The molecule has 0 aliphatic heterocycles. The first-order valence-corrected chi connectivity index (χ1v) is 13.9. The quantitative estimate of drug-likeness (QED) is 0.287. The van der Waals surface area contributed by atoms with Crippen LogP contribution in [0.15, 0.2) is 47.8 Å². The number of benzene rings is 2. The molecular weight excluding hydrogens is 420 g/mol. The maximum absolute atomic E-state index is 5.88. The van der Waals surface area contributed by atoms with Crippen molar-refractivity contribution in [1.29, 1.82) is 0 Å². The maximum atomic E-state index is 5.88. The summed E-state index contributed by atoms with van der Waals surface area (Å²) < 4.78 is 1.37. The van der Waals surface area contributed by atoms with E-state index >= 15 is 0 Å². The van der Waals surface area contributed by atoms with Crippen LogP contribution in [-0.4, -0.2) is 11.5 Å². The fourth-order valence-corrected chi connectivity index (χ4v) is 9.10. The van der Waals surface area contributed by atoms with Crippen molar-refractivity contribution in [2.45, 2.75) is 63.2 Å². The molecule has 4 aliphatic carbocycles. The molecule has 4 aliphatic rings. The van der Waals surface area contributed by atoms with Gasteiger partial charge in [0.1, 0.15) is 0 Å². The van der Waals surface area contributed by atoms with E-state index in [1.165, 1.54) is 76.3 Å². The van der Waals surface area contributed by atoms with Gasteiger partial charge >= 0.3 is 0 Å². The van der Waals surface area contributed by atoms with Crippen molar-refractivity contribution >= 4 is 32.3 Å². The SMILES string of the molecule is NCCCCc1c(-c2csc3ccccc23)[nH]c2ccc(C34CC5CC(CC(C5)C3)C4)cc12. The van der Waals surface area contributed by atoms with Crippen molar-refractivity contribution in [1.82, 2.24) is 4.98 Å². The first-order chi connectivity index (χ1) is 16.2. The van der Waals surface area contributed by atoms with Crippen LogP contribution < -0.4 is 5.73 Å². The van der Waals surface area contributed by atoms with Gasteiger partial charge in [-0.15, -0.1) is 11.3 Å². The van der Waals surface area contributed by atoms with Crippen molar-refractivity contribution in [2.75, 3.05) is 6.54 Å². The van der Waals surface area contributed by atoms with Gasteiger partial charge in [0.15, 0.2) is 0 Å². The highest BCUT2D eigenvalue weighted by atomic mass is 32.1. The van der Waals surface area contributed by atoms with Gasteiger partial charge in [0.05, 0.1) is 5.69 Å². The van der Waals surface area contributed by atoms with E-state index in [1.54, 1.807) is 5.56 Å². The topological polar surface area (TPSA) is 41.8 Å². The number of nitrogens with two attached hydrogens (primary N) is 1. The van der Waals surface area contributed by atoms with Crippen LogP contribution in [0.3, 0.4) is 0 Å². The van der Waals surface area contributed by atoms with E-state index in [0.29, 0.717) is 5.41 Å². The number of thiophene rings is 1. The normalized spacial score (nSPS) is 28.3. The molecule has 0 spiro atoms. The number of nitrogens with one attached hydrogen (secondary N) is 1. The zero-order valence-electron chi connectivity index (χ0n) is 19.4. The summed E-state index contributed by atoms with van der Waals surface area (Å²) >= 11 is 1.86. The Labute approximate surface area is 200 Å². The van der Waals surface area contributed by atoms with Gasteiger partial charge in [-0.3, -0.25) is 0 Å². The zero-order valence-corrected chi connectivity index (χ0v) is 20.2. The Morgan fingerprint density at radius 2 is 1.67 bits per heavy atom. The van der Waals surface area contributed by atoms with E-state index < -0.39 is 0 Å². The highest BCUT2D eigenvalue weighted by Gasteiger charge is 2.51. The molecule has 2 aromatic heterocycles. The first kappa shape index (κ1) is 20.3. The van der Waals surface area contributed by atoms with Crippen LogP contribution in [0.2, 0.25) is 0 Å². The van der Waals surface area contributed by atoms with Gasteiger partial charge in [-0.05, 0) is 117 Å². The van der Waals surface area contributed by atoms with Crippen LogP contribution in [0.4, 0.5) is 0 Å². The lowest BCUT2D eigenvalue weighted by Crippen LogP contribution is -2.48. The van der Waals surface area contributed by atoms with E-state index in [-0.39, 0.29) is 0 Å². The van der Waals surface area contributed by atoms with E-state index in [1.807, 2.05) is 11.3 Å². The predicted octanol–water partition coefficient (Wildman–Crippen LogP) is 7.80. The van der Waals surface area contributed by atoms with Crippen LogP contribution in [0.1, 0.15) is 62.5 Å². The number of hydrogen-bond donors (Lipinski definition) is 2. The number of aromatic nitrogens is 1. The molecule has 2 nitrogen and oxygen atoms in total. The molecule has 4 aromatic rings. The monoisotopic (exact) mass is 454 g/mol. The molecule has 0 unspecified atom stereocenters. The summed E-state index contributed by atoms with van der Waals surface area (Å²) in [5.74, 6) is 2.94. The molecule has 2 heterocycles. The van der Waals surface area contributed by atoms with Gasteiger partial charge in [0, 0.05) is 31.9 Å². The second-order valence-electron chi connectivity index (χ2n) is 11.3. The Morgan fingerprint density at radius 1 is 0.909 bits per heavy atom. The number of H-pyrrole nitrogens is 1. The summed E-state index contributed by atoms with van der Waals surface area (Å²) in [5.41, 5.74) is 13.5. The summed E-state index contributed by atoms with van der Waals surface area (Å²) in [7, 11) is 0. The molecule has 33 heavy (non-hydrogen) atoms. The zero-order chi connectivity index (χ0) is 22.0. The molecule has 8 rings (SSSR count). The van der Waals surface area contributed by atoms with Crippen molar-refractivity contribution in [3.8, 4) is 11.3 Å². The lowest BCUT2D eigenvalue weighted by Gasteiger charge is -2.57. The molecule has 3 heteroatoms. The predicted molar refractivity (Wildman–Crippen MR) is 141 cm³/mol. The average Bonchev–Trinajstić information content (AvgIpc) is 3.39. The Bertz CT molecular complexity index is 1290. The molecule has 4 fully saturated rings. The molecule has 0 radical (unpaired) electrons. The molecular formula is C30H34N2S. The van der Waals surface area contributed by atoms with Gasteiger partial charge in [-0.1, -0.05) is 24.3 Å². The third-order valence-electron chi connectivity index (χ3n) is 9.19. The van der Waals surface area contributed by atoms with Crippen LogP contribution in [0.25, 0.3) is 32.2 Å². The number of hydrogen-bond acceptors (Lipinski definition) is 2. The Hall–Kier alpha value is -2.10. The fourth-order valence-electron chi connectivity index (χ4n) is 8.15. The van der Waals surface area contributed by atoms with Gasteiger partial charge in [0.25, 0.3) is 0 Å². The number of aromatic amines is 1. The van der Waals surface area contributed by atoms with Crippen molar-refractivity contribution < 1.29 is 0 Å². The number of rotatable bonds is 6. The lowest BCUT2D eigenvalue weighted by molar-refractivity contribution is -0.00513. The van der Waals surface area contributed by atoms with Gasteiger partial charge in [-0.25, -0.2) is 0 Å². The molecule has 3 N–H and O–H groups in total. The molecule has 170 valence electrons. The van der Waals surface area contributed by atoms with Crippen LogP contribution in [0.5, 0.6) is 0 Å². The third kappa shape index (κ3) is 3.23. The Morgan fingerprint density at radius 3 is 2.42 bits per heavy atom. The largest absolute Gasteiger partial charge is 0.354 e. The number of unbranched alkanes of at least 4 members (excludes halogenated alkanes) is 1. The van der Waals surface area contributed by atoms with Crippen molar-refractivity contribution in [3.05, 3.63) is 59.0 Å². The number of aryl methyl sites for hydroxylation is 1. The summed E-state index contributed by atoms with van der Waals surface area (Å²) in [4.78, 5) is 3.86. The number of fused-ring (bicyclic) bond motifs is 2. The molecule has 0 amide bonds. The van der Waals surface area contributed by atoms with Gasteiger partial charge in [0.2, 0.25) is 0 Å². The Kier molecular flexibility index (Phi) is 4.74. The van der Waals surface area contributed by atoms with E-state index in [0.717, 1.165) is 43.6 Å². The summed E-state index contributed by atoms with van der Waals surface area (Å²) in [6.07, 6.45) is 12.1. The second-order valence-corrected chi connectivity index (χ2v) is 12.2. The molecule has 4 saturated carbocycles. The standard InChI is InChI=1S/C30H34N2S/c31-10-4-3-6-24-25-14-22(30-15-19-11-20(16-30)13-21(12-19)17-30)8-9-27(25)32-29(24)26-18-33-28-7-2-1-5-23(26)28/h1-2,5,7-9,14,18-21,32H,3-4,6,10-13,15-17,31H2. The summed E-state index contributed by atoms with van der Waals surface area (Å²) in [6.45, 7) is 0.775. The maximum Gasteiger partial charge on any atom is 0.0512 e. The minimum atomic E-state index is 0.448. The summed E-state index contributed by atoms with van der Waals surface area (Å²) in [6, 6.07) is 16.3. The van der Waals surface area contributed by atoms with E-state index in [2.05, 4.69) is 52.8 Å². The molecule has 0 saturated heterocycles. The third-order valence-corrected chi connectivity index (χ3v) is 10.2. The van der Waals surface area contributed by atoms with Crippen molar-refractivity contribution in [3.63, 3.8) is 0 Å². The fraction of sp³-hybridized carbons (Fsp3) is 0.467. The smallest absolute Gasteiger partial charge is 0.0512 e. The molecule has 4 bridgehead atoms. The van der Waals surface area contributed by atoms with Gasteiger partial charge in [-0.2, -0.15) is 0 Å². The minimum Gasteiger partial charge on any atom is -0.354 e. The van der Waals surface area contributed by atoms with Crippen LogP contribution >= 0.6 is 11.3 Å². The van der Waals surface area contributed by atoms with E-state index in [9.17, 15) is 0 Å². The van der Waals surface area contributed by atoms with Crippen molar-refractivity contribution in [2.24, 2.45) is 23.5 Å². The van der Waals surface area contributed by atoms with Crippen LogP contribution in [0, 0.1) is 17.8 Å². The first-order valence-electron chi connectivity index (χ1n) is 13.0. The second kappa shape index (κ2) is 7.71. The van der Waals surface area contributed by atoms with Crippen LogP contribution in [-0.2, 0) is 11.8 Å². The summed E-state index contributed by atoms with van der Waals surface area (Å²) in [5, 5.41) is 5.18. The lowest BCUT2D eigenvalue weighted by atomic mass is 9.48. The molecule has 2 aromatic carbocycles. The Balaban J connectivity index is 1.37. The van der Waals surface area contributed by atoms with Gasteiger partial charge < -0.3 is 10.7 Å².